The van der Waals surface area contributed by atoms with Crippen molar-refractivity contribution in [3.05, 3.63) is 82.7 Å². The van der Waals surface area contributed by atoms with Crippen LogP contribution in [0.5, 0.6) is 0 Å². The first-order valence-electron chi connectivity index (χ1n) is 12.0. The molecule has 0 N–H and O–H groups in total. The van der Waals surface area contributed by atoms with Crippen molar-refractivity contribution in [1.82, 2.24) is 0 Å². The SMILES string of the molecule is C=C1C=C(C)N(c2c(C(C)C)cccc2C(C)C)[Si]N1c1c(C(C)C)cccc1C(C)C. The first-order chi connectivity index (χ1) is 15.0. The van der Waals surface area contributed by atoms with E-state index in [4.69, 9.17) is 0 Å². The van der Waals surface area contributed by atoms with Gasteiger partial charge < -0.3 is 9.13 Å². The fraction of sp³-hybridized carbons (Fsp3) is 0.448. The van der Waals surface area contributed by atoms with Crippen LogP contribution in [0.3, 0.4) is 0 Å². The molecule has 0 aromatic heterocycles. The number of hydrogen-bond acceptors (Lipinski definition) is 2. The first-order valence-corrected chi connectivity index (χ1v) is 12.9. The lowest BCUT2D eigenvalue weighted by Gasteiger charge is -2.41. The van der Waals surface area contributed by atoms with E-state index < -0.39 is 0 Å². The minimum atomic E-state index is 0.455. The Kier molecular flexibility index (Phi) is 7.39. The Morgan fingerprint density at radius 3 is 1.31 bits per heavy atom. The molecule has 2 radical (unpaired) electrons. The van der Waals surface area contributed by atoms with E-state index in [0.29, 0.717) is 33.5 Å². The molecule has 0 spiro atoms. The van der Waals surface area contributed by atoms with Crippen LogP contribution < -0.4 is 9.13 Å². The molecule has 2 nitrogen and oxygen atoms in total. The van der Waals surface area contributed by atoms with E-state index in [0.717, 1.165) is 5.70 Å². The Bertz CT molecular complexity index is 961. The lowest BCUT2D eigenvalue weighted by molar-refractivity contribution is 0.825. The number of nitrogens with zero attached hydrogens (tertiary/aromatic N) is 2. The summed E-state index contributed by atoms with van der Waals surface area (Å²) in [6.45, 7) is 25.1. The van der Waals surface area contributed by atoms with Crippen molar-refractivity contribution in [2.75, 3.05) is 9.13 Å². The third-order valence-electron chi connectivity index (χ3n) is 6.35. The third-order valence-corrected chi connectivity index (χ3v) is 7.83. The highest BCUT2D eigenvalue weighted by Gasteiger charge is 2.31. The van der Waals surface area contributed by atoms with Gasteiger partial charge in [0, 0.05) is 22.8 Å². The van der Waals surface area contributed by atoms with Gasteiger partial charge in [-0.1, -0.05) is 98.4 Å². The number of anilines is 2. The van der Waals surface area contributed by atoms with Crippen LogP contribution in [-0.2, 0) is 0 Å². The second-order valence-electron chi connectivity index (χ2n) is 10.2. The maximum absolute atomic E-state index is 4.50. The second-order valence-corrected chi connectivity index (χ2v) is 11.3. The van der Waals surface area contributed by atoms with E-state index in [2.05, 4.69) is 120 Å². The normalized spacial score (nSPS) is 14.9. The van der Waals surface area contributed by atoms with Gasteiger partial charge in [0.15, 0.2) is 0 Å². The van der Waals surface area contributed by atoms with Crippen molar-refractivity contribution in [3.63, 3.8) is 0 Å². The predicted octanol–water partition coefficient (Wildman–Crippen LogP) is 8.46. The van der Waals surface area contributed by atoms with Crippen LogP contribution >= 0.6 is 0 Å². The van der Waals surface area contributed by atoms with E-state index in [1.807, 2.05) is 0 Å². The Morgan fingerprint density at radius 1 is 0.625 bits per heavy atom. The van der Waals surface area contributed by atoms with Gasteiger partial charge in [-0.2, -0.15) is 0 Å². The molecule has 3 rings (SSSR count). The van der Waals surface area contributed by atoms with Crippen molar-refractivity contribution >= 4 is 21.2 Å². The van der Waals surface area contributed by atoms with E-state index in [1.54, 1.807) is 0 Å². The van der Waals surface area contributed by atoms with Crippen LogP contribution in [-0.4, -0.2) is 9.84 Å². The summed E-state index contributed by atoms with van der Waals surface area (Å²) in [5.74, 6) is 1.84. The average molecular weight is 445 g/mol. The van der Waals surface area contributed by atoms with Gasteiger partial charge in [0.25, 0.3) is 0 Å². The molecule has 1 aliphatic rings. The summed E-state index contributed by atoms with van der Waals surface area (Å²) < 4.78 is 5.01. The number of hydrogen-bond donors (Lipinski definition) is 0. The molecule has 0 saturated carbocycles. The van der Waals surface area contributed by atoms with Gasteiger partial charge in [-0.05, 0) is 58.9 Å². The van der Waals surface area contributed by atoms with E-state index in [-0.39, 0.29) is 0 Å². The minimum absolute atomic E-state index is 0.455. The topological polar surface area (TPSA) is 6.48 Å². The quantitative estimate of drug-likeness (QED) is 0.412. The van der Waals surface area contributed by atoms with E-state index >= 15 is 0 Å². The summed E-state index contributed by atoms with van der Waals surface area (Å²) in [6, 6.07) is 13.6. The van der Waals surface area contributed by atoms with Gasteiger partial charge in [0.05, 0.1) is 0 Å². The average Bonchev–Trinajstić information content (AvgIpc) is 2.72. The van der Waals surface area contributed by atoms with Crippen LogP contribution in [0.15, 0.2) is 60.4 Å². The molecule has 170 valence electrons. The number of allylic oxidation sites excluding steroid dienone is 2. The standard InChI is InChI=1S/C29H40N2Si/c1-18(2)24-13-11-14-25(19(3)4)28(24)30-22(9)17-23(10)31(32-30)29-26(20(5)6)15-12-16-27(29)21(7)8/h11-21H,9H2,1-8,10H3. The molecule has 0 amide bonds. The zero-order chi connectivity index (χ0) is 23.7. The van der Waals surface area contributed by atoms with Crippen molar-refractivity contribution in [2.45, 2.75) is 86.0 Å². The smallest absolute Gasteiger partial charge is 0.342 e. The van der Waals surface area contributed by atoms with Gasteiger partial charge in [0.2, 0.25) is 0 Å². The lowest BCUT2D eigenvalue weighted by Crippen LogP contribution is -2.45. The molecule has 0 atom stereocenters. The molecule has 1 aliphatic heterocycles. The highest BCUT2D eigenvalue weighted by Crippen LogP contribution is 2.42. The molecule has 3 heteroatoms. The molecule has 0 saturated heterocycles. The van der Waals surface area contributed by atoms with Crippen molar-refractivity contribution in [3.8, 4) is 0 Å². The number of benzene rings is 2. The molecular weight excluding hydrogens is 404 g/mol. The molecule has 0 bridgehead atoms. The van der Waals surface area contributed by atoms with Crippen LogP contribution in [0.4, 0.5) is 11.4 Å². The minimum Gasteiger partial charge on any atom is -0.353 e. The zero-order valence-electron chi connectivity index (χ0n) is 21.5. The van der Waals surface area contributed by atoms with Crippen LogP contribution in [0.25, 0.3) is 0 Å². The van der Waals surface area contributed by atoms with Gasteiger partial charge >= 0.3 is 9.84 Å². The van der Waals surface area contributed by atoms with Crippen LogP contribution in [0, 0.1) is 0 Å². The summed E-state index contributed by atoms with van der Waals surface area (Å²) in [6.07, 6.45) is 2.26. The number of rotatable bonds is 6. The summed E-state index contributed by atoms with van der Waals surface area (Å²) in [7, 11) is 0.455. The summed E-state index contributed by atoms with van der Waals surface area (Å²) >= 11 is 0. The maximum atomic E-state index is 4.50. The largest absolute Gasteiger partial charge is 0.353 e. The molecule has 0 unspecified atom stereocenters. The predicted molar refractivity (Wildman–Crippen MR) is 143 cm³/mol. The Balaban J connectivity index is 2.22. The maximum Gasteiger partial charge on any atom is 0.342 e. The third kappa shape index (κ3) is 4.59. The van der Waals surface area contributed by atoms with Gasteiger partial charge in [-0.25, -0.2) is 0 Å². The summed E-state index contributed by atoms with van der Waals surface area (Å²) in [5.41, 5.74) is 10.7. The van der Waals surface area contributed by atoms with E-state index in [1.165, 1.54) is 39.3 Å². The summed E-state index contributed by atoms with van der Waals surface area (Å²) in [5, 5.41) is 0. The van der Waals surface area contributed by atoms with Crippen molar-refractivity contribution in [1.29, 1.82) is 0 Å². The van der Waals surface area contributed by atoms with Gasteiger partial charge in [-0.3, -0.25) is 0 Å². The fourth-order valence-electron chi connectivity index (χ4n) is 4.57. The van der Waals surface area contributed by atoms with Gasteiger partial charge in [-0.15, -0.1) is 0 Å². The molecule has 2 aromatic rings. The molecule has 2 aromatic carbocycles. The number of para-hydroxylation sites is 2. The van der Waals surface area contributed by atoms with Crippen LogP contribution in [0.2, 0.25) is 0 Å². The monoisotopic (exact) mass is 444 g/mol. The van der Waals surface area contributed by atoms with E-state index in [9.17, 15) is 0 Å². The Labute approximate surface area is 199 Å². The molecule has 0 fully saturated rings. The Hall–Kier alpha value is -2.26. The molecular formula is C29H40N2Si. The highest BCUT2D eigenvalue weighted by molar-refractivity contribution is 6.50. The molecule has 0 aliphatic carbocycles. The highest BCUT2D eigenvalue weighted by atomic mass is 28.2. The molecule has 1 heterocycles. The fourth-order valence-corrected chi connectivity index (χ4v) is 5.90. The van der Waals surface area contributed by atoms with Crippen molar-refractivity contribution in [2.24, 2.45) is 0 Å². The zero-order valence-corrected chi connectivity index (χ0v) is 22.5. The Morgan fingerprint density at radius 2 is 0.969 bits per heavy atom. The van der Waals surface area contributed by atoms with Crippen LogP contribution in [0.1, 0.15) is 108 Å². The molecule has 32 heavy (non-hydrogen) atoms. The second kappa shape index (κ2) is 9.70. The first kappa shape index (κ1) is 24.4. The lowest BCUT2D eigenvalue weighted by atomic mass is 9.92. The van der Waals surface area contributed by atoms with Crippen molar-refractivity contribution < 1.29 is 0 Å². The van der Waals surface area contributed by atoms with Gasteiger partial charge in [0.1, 0.15) is 0 Å². The summed E-state index contributed by atoms with van der Waals surface area (Å²) in [4.78, 5) is 0.